The van der Waals surface area contributed by atoms with Gasteiger partial charge >= 0.3 is 5.69 Å². The molecule has 6 nitrogen and oxygen atoms in total. The third kappa shape index (κ3) is 0.810. The van der Waals surface area contributed by atoms with Gasteiger partial charge in [0.2, 0.25) is 0 Å². The summed E-state index contributed by atoms with van der Waals surface area (Å²) < 4.78 is 3.07. The molecule has 0 spiro atoms. The monoisotopic (exact) mass is 167 g/mol. The Morgan fingerprint density at radius 2 is 2.33 bits per heavy atom. The minimum Gasteiger partial charge on any atom is -0.273 e. The summed E-state index contributed by atoms with van der Waals surface area (Å²) in [7, 11) is 1.81. The van der Waals surface area contributed by atoms with Gasteiger partial charge in [-0.25, -0.2) is 15.1 Å². The fourth-order valence-electron chi connectivity index (χ4n) is 1.13. The molecule has 2 N–H and O–H groups in total. The van der Waals surface area contributed by atoms with Crippen molar-refractivity contribution in [2.75, 3.05) is 0 Å². The Morgan fingerprint density at radius 3 is 2.67 bits per heavy atom. The molecule has 0 fully saturated rings. The van der Waals surface area contributed by atoms with Crippen molar-refractivity contribution in [3.63, 3.8) is 0 Å². The maximum absolute atomic E-state index is 10.9. The summed E-state index contributed by atoms with van der Waals surface area (Å²) in [6.45, 7) is 1.85. The molecule has 0 bridgehead atoms. The van der Waals surface area contributed by atoms with E-state index in [1.165, 1.54) is 4.68 Å². The van der Waals surface area contributed by atoms with Gasteiger partial charge in [0.25, 0.3) is 0 Å². The van der Waals surface area contributed by atoms with Crippen LogP contribution >= 0.6 is 0 Å². The van der Waals surface area contributed by atoms with E-state index in [4.69, 9.17) is 0 Å². The van der Waals surface area contributed by atoms with Crippen LogP contribution in [-0.4, -0.2) is 24.8 Å². The lowest BCUT2D eigenvalue weighted by Crippen LogP contribution is -2.32. The Hall–Kier alpha value is -1.72. The highest BCUT2D eigenvalue weighted by Gasteiger charge is 2.08. The predicted molar refractivity (Wildman–Crippen MR) is 42.2 cm³/mol. The lowest BCUT2D eigenvalue weighted by molar-refractivity contribution is 0.596. The average Bonchev–Trinajstić information content (AvgIpc) is 2.28. The van der Waals surface area contributed by atoms with Gasteiger partial charge in [-0.05, 0) is 6.92 Å². The van der Waals surface area contributed by atoms with Crippen LogP contribution in [0.4, 0.5) is 0 Å². The van der Waals surface area contributed by atoms with Crippen molar-refractivity contribution in [3.05, 3.63) is 22.4 Å². The zero-order valence-corrected chi connectivity index (χ0v) is 6.83. The van der Waals surface area contributed by atoms with Crippen LogP contribution in [0.15, 0.2) is 11.0 Å². The fourth-order valence-corrected chi connectivity index (χ4v) is 1.13. The van der Waals surface area contributed by atoms with Crippen molar-refractivity contribution in [2.45, 2.75) is 6.92 Å². The third-order valence-corrected chi connectivity index (χ3v) is 1.71. The molecule has 2 rings (SSSR count). The SMILES string of the molecule is Cc1nn(C)cc1-n1[nH][nH]c1=O. The largest absolute Gasteiger partial charge is 0.361 e. The Labute approximate surface area is 67.8 Å². The second kappa shape index (κ2) is 2.13. The van der Waals surface area contributed by atoms with Crippen LogP contribution in [0.2, 0.25) is 0 Å². The lowest BCUT2D eigenvalue weighted by atomic mass is 10.4. The molecule has 0 saturated carbocycles. The van der Waals surface area contributed by atoms with Gasteiger partial charge in [-0.1, -0.05) is 0 Å². The molecule has 0 aliphatic carbocycles. The van der Waals surface area contributed by atoms with Gasteiger partial charge in [0.15, 0.2) is 0 Å². The molecule has 0 radical (unpaired) electrons. The molecule has 0 saturated heterocycles. The molecule has 2 aromatic heterocycles. The highest BCUT2D eigenvalue weighted by Crippen LogP contribution is 2.06. The van der Waals surface area contributed by atoms with Gasteiger partial charge in [-0.15, -0.1) is 0 Å². The quantitative estimate of drug-likeness (QED) is 0.603. The van der Waals surface area contributed by atoms with Crippen LogP contribution in [-0.2, 0) is 7.05 Å². The van der Waals surface area contributed by atoms with E-state index < -0.39 is 0 Å². The number of hydrogen-bond acceptors (Lipinski definition) is 2. The van der Waals surface area contributed by atoms with E-state index in [9.17, 15) is 4.79 Å². The zero-order chi connectivity index (χ0) is 8.72. The first-order valence-electron chi connectivity index (χ1n) is 3.54. The lowest BCUT2D eigenvalue weighted by Gasteiger charge is -2.04. The first-order valence-corrected chi connectivity index (χ1v) is 3.54. The van der Waals surface area contributed by atoms with Gasteiger partial charge < -0.3 is 0 Å². The number of nitrogens with zero attached hydrogens (tertiary/aromatic N) is 3. The summed E-state index contributed by atoms with van der Waals surface area (Å²) in [6, 6.07) is 0. The van der Waals surface area contributed by atoms with Crippen LogP contribution < -0.4 is 5.69 Å². The summed E-state index contributed by atoms with van der Waals surface area (Å²) >= 11 is 0. The van der Waals surface area contributed by atoms with Crippen molar-refractivity contribution in [2.24, 2.45) is 7.05 Å². The van der Waals surface area contributed by atoms with Gasteiger partial charge in [-0.2, -0.15) is 9.78 Å². The predicted octanol–water partition coefficient (Wildman–Crippen LogP) is -0.464. The van der Waals surface area contributed by atoms with Gasteiger partial charge in [-0.3, -0.25) is 4.68 Å². The Bertz CT molecular complexity index is 442. The van der Waals surface area contributed by atoms with Crippen molar-refractivity contribution < 1.29 is 0 Å². The summed E-state index contributed by atoms with van der Waals surface area (Å²) in [5, 5.41) is 9.14. The molecule has 0 aliphatic heterocycles. The van der Waals surface area contributed by atoms with E-state index in [2.05, 4.69) is 15.4 Å². The zero-order valence-electron chi connectivity index (χ0n) is 6.83. The number of H-pyrrole nitrogens is 2. The minimum absolute atomic E-state index is 0.161. The van der Waals surface area contributed by atoms with E-state index in [0.717, 1.165) is 11.4 Å². The highest BCUT2D eigenvalue weighted by atomic mass is 16.2. The molecule has 0 atom stereocenters. The molecule has 2 heterocycles. The van der Waals surface area contributed by atoms with Crippen LogP contribution in [0.3, 0.4) is 0 Å². The summed E-state index contributed by atoms with van der Waals surface area (Å²) in [5.74, 6) is 0. The Kier molecular flexibility index (Phi) is 1.24. The average molecular weight is 167 g/mol. The highest BCUT2D eigenvalue weighted by molar-refractivity contribution is 5.31. The van der Waals surface area contributed by atoms with Crippen molar-refractivity contribution >= 4 is 0 Å². The van der Waals surface area contributed by atoms with Crippen molar-refractivity contribution in [1.82, 2.24) is 24.8 Å². The summed E-state index contributed by atoms with van der Waals surface area (Å²) in [6.07, 6.45) is 1.78. The number of nitrogens with one attached hydrogen (secondary N) is 2. The molecule has 64 valence electrons. The first kappa shape index (κ1) is 6.96. The maximum Gasteiger partial charge on any atom is 0.361 e. The van der Waals surface area contributed by atoms with E-state index in [-0.39, 0.29) is 5.69 Å². The van der Waals surface area contributed by atoms with E-state index in [1.807, 2.05) is 14.0 Å². The topological polar surface area (TPSA) is 71.4 Å². The molecule has 2 aromatic rings. The van der Waals surface area contributed by atoms with Gasteiger partial charge in [0.05, 0.1) is 11.9 Å². The molecule has 0 amide bonds. The van der Waals surface area contributed by atoms with Crippen molar-refractivity contribution in [3.8, 4) is 5.69 Å². The van der Waals surface area contributed by atoms with Crippen LogP contribution in [0, 0.1) is 6.92 Å². The normalized spacial score (nSPS) is 10.8. The third-order valence-electron chi connectivity index (χ3n) is 1.71. The van der Waals surface area contributed by atoms with Gasteiger partial charge in [0, 0.05) is 7.05 Å². The second-order valence-corrected chi connectivity index (χ2v) is 2.65. The number of aromatic amines is 2. The Morgan fingerprint density at radius 1 is 1.58 bits per heavy atom. The van der Waals surface area contributed by atoms with Crippen LogP contribution in [0.5, 0.6) is 0 Å². The first-order chi connectivity index (χ1) is 5.68. The molecule has 0 unspecified atom stereocenters. The van der Waals surface area contributed by atoms with Gasteiger partial charge in [0.1, 0.15) is 5.69 Å². The number of aryl methyl sites for hydroxylation is 2. The molecular formula is C6H9N5O. The van der Waals surface area contributed by atoms with Crippen LogP contribution in [0.1, 0.15) is 5.69 Å². The maximum atomic E-state index is 10.9. The summed E-state index contributed by atoms with van der Waals surface area (Å²) in [4.78, 5) is 10.9. The van der Waals surface area contributed by atoms with Crippen molar-refractivity contribution in [1.29, 1.82) is 0 Å². The second-order valence-electron chi connectivity index (χ2n) is 2.65. The van der Waals surface area contributed by atoms with E-state index in [1.54, 1.807) is 10.9 Å². The molecular weight excluding hydrogens is 158 g/mol. The molecule has 6 heteroatoms. The summed E-state index contributed by atoms with van der Waals surface area (Å²) in [5.41, 5.74) is 1.44. The number of rotatable bonds is 1. The number of hydrogen-bond donors (Lipinski definition) is 2. The minimum atomic E-state index is -0.161. The fraction of sp³-hybridized carbons (Fsp3) is 0.333. The molecule has 0 aliphatic rings. The Balaban J connectivity index is 2.57. The molecule has 12 heavy (non-hydrogen) atoms. The van der Waals surface area contributed by atoms with E-state index in [0.29, 0.717) is 0 Å². The van der Waals surface area contributed by atoms with E-state index >= 15 is 0 Å². The van der Waals surface area contributed by atoms with Crippen LogP contribution in [0.25, 0.3) is 5.69 Å². The molecule has 0 aromatic carbocycles. The smallest absolute Gasteiger partial charge is 0.273 e. The number of aromatic nitrogens is 5. The standard InChI is InChI=1S/C6H9N5O/c1-4-5(3-10(2)8-4)11-6(12)7-9-11/h3,9H,1-2H3,(H,7,12).